The first-order valence-corrected chi connectivity index (χ1v) is 10.3. The number of thiocarbonyl (C=S) groups is 1. The smallest absolute Gasteiger partial charge is 0.173 e. The van der Waals surface area contributed by atoms with Crippen LogP contribution in [0.15, 0.2) is 24.3 Å². The first-order valence-electron chi connectivity index (χ1n) is 8.73. The van der Waals surface area contributed by atoms with E-state index < -0.39 is 0 Å². The van der Waals surface area contributed by atoms with Crippen LogP contribution in [0.5, 0.6) is 0 Å². The summed E-state index contributed by atoms with van der Waals surface area (Å²) in [7, 11) is 0. The zero-order valence-electron chi connectivity index (χ0n) is 14.0. The molecule has 1 aromatic rings. The Balaban J connectivity index is 1.52. The quantitative estimate of drug-likeness (QED) is 0.840. The van der Waals surface area contributed by atoms with E-state index in [9.17, 15) is 0 Å². The lowest BCUT2D eigenvalue weighted by molar-refractivity contribution is 0.126. The number of benzene rings is 1. The summed E-state index contributed by atoms with van der Waals surface area (Å²) in [6.07, 6.45) is 3.74. The van der Waals surface area contributed by atoms with Crippen molar-refractivity contribution in [2.45, 2.75) is 32.2 Å². The second kappa shape index (κ2) is 8.36. The van der Waals surface area contributed by atoms with Crippen molar-refractivity contribution in [3.05, 3.63) is 29.8 Å². The number of hydrogen-bond acceptors (Lipinski definition) is 3. The molecule has 0 aromatic heterocycles. The monoisotopic (exact) mass is 349 g/mol. The molecule has 3 nitrogen and oxygen atoms in total. The molecule has 2 aliphatic heterocycles. The lowest BCUT2D eigenvalue weighted by Crippen LogP contribution is -2.53. The fraction of sp³-hybridized carbons (Fsp3) is 0.611. The van der Waals surface area contributed by atoms with Gasteiger partial charge in [-0.3, -0.25) is 4.90 Å². The Hall–Kier alpha value is -0.780. The van der Waals surface area contributed by atoms with Crippen LogP contribution in [0.2, 0.25) is 0 Å². The second-order valence-corrected chi connectivity index (χ2v) is 7.92. The average molecular weight is 350 g/mol. The standard InChI is InChI=1S/C18H27N3S2/c1-2-15-5-3-4-6-17(15)19-18(22)21-11-9-20(10-12-21)16-7-13-23-14-8-16/h3-6,16H,2,7-14H2,1H3,(H,19,22). The molecule has 0 saturated carbocycles. The van der Waals surface area contributed by atoms with Gasteiger partial charge in [0.25, 0.3) is 0 Å². The Morgan fingerprint density at radius 2 is 1.87 bits per heavy atom. The van der Waals surface area contributed by atoms with Gasteiger partial charge in [-0.05, 0) is 54.6 Å². The lowest BCUT2D eigenvalue weighted by atomic mass is 10.1. The molecule has 0 spiro atoms. The van der Waals surface area contributed by atoms with E-state index >= 15 is 0 Å². The van der Waals surface area contributed by atoms with Crippen LogP contribution in [-0.2, 0) is 6.42 Å². The molecule has 3 rings (SSSR count). The molecule has 1 aromatic carbocycles. The maximum atomic E-state index is 5.65. The van der Waals surface area contributed by atoms with E-state index in [4.69, 9.17) is 12.2 Å². The maximum absolute atomic E-state index is 5.65. The summed E-state index contributed by atoms with van der Waals surface area (Å²) in [5.41, 5.74) is 2.49. The van der Waals surface area contributed by atoms with Gasteiger partial charge in [-0.25, -0.2) is 0 Å². The van der Waals surface area contributed by atoms with Gasteiger partial charge >= 0.3 is 0 Å². The molecule has 0 amide bonds. The molecule has 0 atom stereocenters. The Bertz CT molecular complexity index is 521. The summed E-state index contributed by atoms with van der Waals surface area (Å²) in [5.74, 6) is 2.66. The van der Waals surface area contributed by atoms with Crippen molar-refractivity contribution in [3.63, 3.8) is 0 Å². The van der Waals surface area contributed by atoms with Crippen molar-refractivity contribution in [1.29, 1.82) is 0 Å². The summed E-state index contributed by atoms with van der Waals surface area (Å²) in [5, 5.41) is 4.34. The van der Waals surface area contributed by atoms with Crippen molar-refractivity contribution in [2.24, 2.45) is 0 Å². The van der Waals surface area contributed by atoms with Gasteiger partial charge in [-0.2, -0.15) is 11.8 Å². The van der Waals surface area contributed by atoms with E-state index in [0.29, 0.717) is 0 Å². The highest BCUT2D eigenvalue weighted by Gasteiger charge is 2.26. The average Bonchev–Trinajstić information content (AvgIpc) is 2.63. The minimum atomic E-state index is 0.806. The summed E-state index contributed by atoms with van der Waals surface area (Å²) in [6, 6.07) is 9.27. The van der Waals surface area contributed by atoms with Gasteiger partial charge in [0.2, 0.25) is 0 Å². The molecule has 1 N–H and O–H groups in total. The van der Waals surface area contributed by atoms with Crippen LogP contribution in [-0.4, -0.2) is 58.6 Å². The second-order valence-electron chi connectivity index (χ2n) is 6.31. The maximum Gasteiger partial charge on any atom is 0.173 e. The third kappa shape index (κ3) is 4.40. The first kappa shape index (κ1) is 17.1. The van der Waals surface area contributed by atoms with Crippen LogP contribution in [0.4, 0.5) is 5.69 Å². The fourth-order valence-electron chi connectivity index (χ4n) is 3.49. The summed E-state index contributed by atoms with van der Waals surface area (Å²) >= 11 is 7.76. The zero-order chi connectivity index (χ0) is 16.1. The molecule has 0 radical (unpaired) electrons. The molecular formula is C18H27N3S2. The van der Waals surface area contributed by atoms with E-state index in [1.54, 1.807) is 0 Å². The molecule has 2 saturated heterocycles. The van der Waals surface area contributed by atoms with Gasteiger partial charge in [0, 0.05) is 37.9 Å². The van der Waals surface area contributed by atoms with Gasteiger partial charge in [0.15, 0.2) is 5.11 Å². The molecule has 23 heavy (non-hydrogen) atoms. The topological polar surface area (TPSA) is 18.5 Å². The number of para-hydroxylation sites is 1. The number of aryl methyl sites for hydroxylation is 1. The van der Waals surface area contributed by atoms with Crippen molar-refractivity contribution in [1.82, 2.24) is 9.80 Å². The first-order chi connectivity index (χ1) is 11.3. The summed E-state index contributed by atoms with van der Waals surface area (Å²) in [6.45, 7) is 6.57. The molecular weight excluding hydrogens is 322 g/mol. The Morgan fingerprint density at radius 3 is 2.57 bits per heavy atom. The van der Waals surface area contributed by atoms with Gasteiger partial charge in [-0.15, -0.1) is 0 Å². The molecule has 2 heterocycles. The number of piperazine rings is 1. The van der Waals surface area contributed by atoms with Crippen LogP contribution in [0.3, 0.4) is 0 Å². The Labute approximate surface area is 149 Å². The normalized spacial score (nSPS) is 20.5. The van der Waals surface area contributed by atoms with E-state index in [1.807, 2.05) is 0 Å². The van der Waals surface area contributed by atoms with E-state index in [1.165, 1.54) is 29.9 Å². The highest BCUT2D eigenvalue weighted by Crippen LogP contribution is 2.23. The number of nitrogens with one attached hydrogen (secondary N) is 1. The zero-order valence-corrected chi connectivity index (χ0v) is 15.6. The van der Waals surface area contributed by atoms with Crippen LogP contribution in [0.1, 0.15) is 25.3 Å². The number of nitrogens with zero attached hydrogens (tertiary/aromatic N) is 2. The molecule has 126 valence electrons. The highest BCUT2D eigenvalue weighted by molar-refractivity contribution is 7.99. The van der Waals surface area contributed by atoms with Crippen molar-refractivity contribution in [3.8, 4) is 0 Å². The largest absolute Gasteiger partial charge is 0.346 e. The number of hydrogen-bond donors (Lipinski definition) is 1. The van der Waals surface area contributed by atoms with Gasteiger partial charge in [0.1, 0.15) is 0 Å². The fourth-order valence-corrected chi connectivity index (χ4v) is 4.86. The predicted octanol–water partition coefficient (Wildman–Crippen LogP) is 3.46. The number of anilines is 1. The minimum absolute atomic E-state index is 0.806. The van der Waals surface area contributed by atoms with Crippen LogP contribution >= 0.6 is 24.0 Å². The molecule has 0 aliphatic carbocycles. The third-order valence-corrected chi connectivity index (χ3v) is 6.36. The predicted molar refractivity (Wildman–Crippen MR) is 106 cm³/mol. The molecule has 0 unspecified atom stereocenters. The van der Waals surface area contributed by atoms with Crippen molar-refractivity contribution < 1.29 is 0 Å². The van der Waals surface area contributed by atoms with Gasteiger partial charge < -0.3 is 10.2 Å². The van der Waals surface area contributed by atoms with Crippen LogP contribution in [0.25, 0.3) is 0 Å². The molecule has 0 bridgehead atoms. The van der Waals surface area contributed by atoms with Crippen LogP contribution < -0.4 is 5.32 Å². The SMILES string of the molecule is CCc1ccccc1NC(=S)N1CCN(C2CCSCC2)CC1. The molecule has 2 fully saturated rings. The summed E-state index contributed by atoms with van der Waals surface area (Å²) < 4.78 is 0. The van der Waals surface area contributed by atoms with Gasteiger partial charge in [0.05, 0.1) is 0 Å². The number of thioether (sulfide) groups is 1. The summed E-state index contributed by atoms with van der Waals surface area (Å²) in [4.78, 5) is 5.01. The van der Waals surface area contributed by atoms with Crippen LogP contribution in [0, 0.1) is 0 Å². The Morgan fingerprint density at radius 1 is 1.17 bits per heavy atom. The minimum Gasteiger partial charge on any atom is -0.346 e. The van der Waals surface area contributed by atoms with E-state index in [-0.39, 0.29) is 0 Å². The van der Waals surface area contributed by atoms with E-state index in [0.717, 1.165) is 49.4 Å². The van der Waals surface area contributed by atoms with Gasteiger partial charge in [-0.1, -0.05) is 25.1 Å². The Kier molecular flexibility index (Phi) is 6.20. The number of rotatable bonds is 3. The van der Waals surface area contributed by atoms with Crippen molar-refractivity contribution >= 4 is 34.8 Å². The lowest BCUT2D eigenvalue weighted by Gasteiger charge is -2.41. The third-order valence-electron chi connectivity index (χ3n) is 4.95. The van der Waals surface area contributed by atoms with Crippen molar-refractivity contribution in [2.75, 3.05) is 43.0 Å². The molecule has 2 aliphatic rings. The highest BCUT2D eigenvalue weighted by atomic mass is 32.2. The molecule has 5 heteroatoms. The van der Waals surface area contributed by atoms with E-state index in [2.05, 4.69) is 58.1 Å².